The number of aryl methyl sites for hydroxylation is 3. The molecular weight excluding hydrogens is 332 g/mol. The molecule has 0 aliphatic carbocycles. The summed E-state index contributed by atoms with van der Waals surface area (Å²) in [6.07, 6.45) is 1.91. The lowest BCUT2D eigenvalue weighted by Crippen LogP contribution is -2.19. The quantitative estimate of drug-likeness (QED) is 0.371. The second-order valence-corrected chi connectivity index (χ2v) is 8.41. The Hall–Kier alpha value is -2.81. The fraction of sp³-hybridized carbons (Fsp3) is 0.292. The Morgan fingerprint density at radius 2 is 1.52 bits per heavy atom. The molecule has 0 radical (unpaired) electrons. The molecule has 0 unspecified atom stereocenters. The Kier molecular flexibility index (Phi) is 3.99. The van der Waals surface area contributed by atoms with Crippen molar-refractivity contribution in [3.63, 3.8) is 0 Å². The number of benzene rings is 2. The van der Waals surface area contributed by atoms with E-state index in [1.165, 1.54) is 22.4 Å². The third-order valence-electron chi connectivity index (χ3n) is 5.13. The molecule has 0 spiro atoms. The second-order valence-electron chi connectivity index (χ2n) is 8.41. The van der Waals surface area contributed by atoms with Crippen LogP contribution >= 0.6 is 0 Å². The average molecular weight is 358 g/mol. The number of pyridine rings is 1. The van der Waals surface area contributed by atoms with Gasteiger partial charge in [-0.2, -0.15) is 0 Å². The highest BCUT2D eigenvalue weighted by Gasteiger charge is 2.29. The van der Waals surface area contributed by atoms with Crippen molar-refractivity contribution in [2.45, 2.75) is 47.0 Å². The van der Waals surface area contributed by atoms with Crippen molar-refractivity contribution in [3.8, 4) is 11.5 Å². The summed E-state index contributed by atoms with van der Waals surface area (Å²) in [7, 11) is 0. The van der Waals surface area contributed by atoms with Crippen molar-refractivity contribution < 1.29 is 4.74 Å². The maximum Gasteiger partial charge on any atom is 0.154 e. The summed E-state index contributed by atoms with van der Waals surface area (Å²) in [5.41, 5.74) is 8.15. The minimum absolute atomic E-state index is 0.119. The van der Waals surface area contributed by atoms with Crippen molar-refractivity contribution in [1.29, 1.82) is 0 Å². The summed E-state index contributed by atoms with van der Waals surface area (Å²) in [6, 6.07) is 14.8. The zero-order valence-corrected chi connectivity index (χ0v) is 16.9. The molecule has 1 aromatic heterocycles. The van der Waals surface area contributed by atoms with Crippen LogP contribution in [-0.4, -0.2) is 4.98 Å². The van der Waals surface area contributed by atoms with Gasteiger partial charge in [-0.15, -0.1) is 0 Å². The number of nitrogens with zero attached hydrogens (tertiary/aromatic N) is 2. The minimum Gasteiger partial charge on any atom is -0.453 e. The van der Waals surface area contributed by atoms with Gasteiger partial charge < -0.3 is 9.64 Å². The lowest BCUT2D eigenvalue weighted by Gasteiger charge is -2.35. The van der Waals surface area contributed by atoms with Crippen LogP contribution in [0.25, 0.3) is 0 Å². The predicted molar refractivity (Wildman–Crippen MR) is 112 cm³/mol. The van der Waals surface area contributed by atoms with E-state index in [0.717, 1.165) is 28.6 Å². The zero-order valence-electron chi connectivity index (χ0n) is 16.9. The molecule has 1 aliphatic heterocycles. The van der Waals surface area contributed by atoms with Crippen LogP contribution in [0, 0.1) is 20.8 Å². The molecule has 4 rings (SSSR count). The summed E-state index contributed by atoms with van der Waals surface area (Å²) in [5, 5.41) is 0. The molecule has 1 aliphatic rings. The number of ether oxygens (including phenoxy) is 1. The monoisotopic (exact) mass is 358 g/mol. The van der Waals surface area contributed by atoms with Gasteiger partial charge in [0.15, 0.2) is 11.5 Å². The van der Waals surface area contributed by atoms with Crippen LogP contribution in [0.3, 0.4) is 0 Å². The molecule has 2 aromatic carbocycles. The van der Waals surface area contributed by atoms with Crippen LogP contribution < -0.4 is 9.64 Å². The lowest BCUT2D eigenvalue weighted by molar-refractivity contribution is 0.475. The van der Waals surface area contributed by atoms with Crippen molar-refractivity contribution in [2.75, 3.05) is 4.90 Å². The molecule has 0 atom stereocenters. The van der Waals surface area contributed by atoms with Crippen LogP contribution in [0.1, 0.15) is 43.2 Å². The predicted octanol–water partition coefficient (Wildman–Crippen LogP) is 6.88. The van der Waals surface area contributed by atoms with Gasteiger partial charge in [-0.1, -0.05) is 45.0 Å². The van der Waals surface area contributed by atoms with Crippen LogP contribution in [0.4, 0.5) is 17.1 Å². The first-order chi connectivity index (χ1) is 12.8. The molecule has 0 N–H and O–H groups in total. The Balaban J connectivity index is 1.97. The highest BCUT2D eigenvalue weighted by atomic mass is 16.5. The minimum atomic E-state index is 0.119. The van der Waals surface area contributed by atoms with Crippen LogP contribution in [0.5, 0.6) is 11.5 Å². The number of hydrogen-bond donors (Lipinski definition) is 0. The molecule has 0 fully saturated rings. The maximum atomic E-state index is 6.19. The van der Waals surface area contributed by atoms with Gasteiger partial charge in [0.1, 0.15) is 5.69 Å². The third-order valence-corrected chi connectivity index (χ3v) is 5.13. The normalized spacial score (nSPS) is 13.0. The molecule has 3 aromatic rings. The SMILES string of the molecule is Cc1cc2c(cn1)N(c1c(C)cc(C(C)(C)C)cc1C)c1ccccc1O2. The van der Waals surface area contributed by atoms with Crippen LogP contribution in [0.15, 0.2) is 48.7 Å². The van der Waals surface area contributed by atoms with E-state index in [0.29, 0.717) is 0 Å². The fourth-order valence-corrected chi connectivity index (χ4v) is 3.74. The van der Waals surface area contributed by atoms with E-state index in [1.807, 2.05) is 31.3 Å². The largest absolute Gasteiger partial charge is 0.453 e. The van der Waals surface area contributed by atoms with Crippen molar-refractivity contribution >= 4 is 17.1 Å². The number of fused-ring (bicyclic) bond motifs is 2. The molecule has 138 valence electrons. The smallest absolute Gasteiger partial charge is 0.154 e. The van der Waals surface area contributed by atoms with E-state index in [-0.39, 0.29) is 5.41 Å². The average Bonchev–Trinajstić information content (AvgIpc) is 2.59. The van der Waals surface area contributed by atoms with Gasteiger partial charge in [-0.3, -0.25) is 4.98 Å². The first kappa shape index (κ1) is 17.6. The number of hydrogen-bond acceptors (Lipinski definition) is 3. The number of anilines is 3. The van der Waals surface area contributed by atoms with Gasteiger partial charge in [0, 0.05) is 11.8 Å². The molecule has 0 saturated heterocycles. The Bertz CT molecular complexity index is 1010. The van der Waals surface area contributed by atoms with Crippen LogP contribution in [-0.2, 0) is 5.41 Å². The van der Waals surface area contributed by atoms with Crippen molar-refractivity contribution in [2.24, 2.45) is 0 Å². The molecule has 3 nitrogen and oxygen atoms in total. The van der Waals surface area contributed by atoms with Gasteiger partial charge in [-0.25, -0.2) is 0 Å². The molecular formula is C24H26N2O. The number of aromatic nitrogens is 1. The van der Waals surface area contributed by atoms with Crippen molar-refractivity contribution in [1.82, 2.24) is 4.98 Å². The Morgan fingerprint density at radius 3 is 2.19 bits per heavy atom. The van der Waals surface area contributed by atoms with E-state index in [2.05, 4.69) is 68.8 Å². The summed E-state index contributed by atoms with van der Waals surface area (Å²) in [5.74, 6) is 1.72. The molecule has 0 bridgehead atoms. The molecule has 0 saturated carbocycles. The van der Waals surface area contributed by atoms with E-state index < -0.39 is 0 Å². The van der Waals surface area contributed by atoms with E-state index in [1.54, 1.807) is 0 Å². The number of rotatable bonds is 1. The highest BCUT2D eigenvalue weighted by molar-refractivity contribution is 5.88. The highest BCUT2D eigenvalue weighted by Crippen LogP contribution is 2.51. The van der Waals surface area contributed by atoms with Gasteiger partial charge >= 0.3 is 0 Å². The lowest BCUT2D eigenvalue weighted by atomic mass is 9.84. The standard InChI is InChI=1S/C24H26N2O/c1-15-11-18(24(4,5)6)12-16(2)23(15)26-19-9-7-8-10-21(19)27-22-13-17(3)25-14-20(22)26/h7-14H,1-6H3. The maximum absolute atomic E-state index is 6.19. The molecule has 27 heavy (non-hydrogen) atoms. The molecule has 3 heteroatoms. The van der Waals surface area contributed by atoms with Gasteiger partial charge in [-0.05, 0) is 55.0 Å². The molecule has 2 heterocycles. The van der Waals surface area contributed by atoms with Crippen LogP contribution in [0.2, 0.25) is 0 Å². The topological polar surface area (TPSA) is 25.4 Å². The first-order valence-corrected chi connectivity index (χ1v) is 9.41. The summed E-state index contributed by atoms with van der Waals surface area (Å²) < 4.78 is 6.19. The summed E-state index contributed by atoms with van der Waals surface area (Å²) >= 11 is 0. The van der Waals surface area contributed by atoms with E-state index in [9.17, 15) is 0 Å². The van der Waals surface area contributed by atoms with E-state index >= 15 is 0 Å². The number of para-hydroxylation sites is 2. The molecule has 0 amide bonds. The zero-order chi connectivity index (χ0) is 19.3. The summed E-state index contributed by atoms with van der Waals surface area (Å²) in [6.45, 7) is 13.1. The van der Waals surface area contributed by atoms with E-state index in [4.69, 9.17) is 4.74 Å². The second kappa shape index (κ2) is 6.12. The van der Waals surface area contributed by atoms with Gasteiger partial charge in [0.25, 0.3) is 0 Å². The Morgan fingerprint density at radius 1 is 0.852 bits per heavy atom. The third kappa shape index (κ3) is 2.97. The summed E-state index contributed by atoms with van der Waals surface area (Å²) in [4.78, 5) is 6.83. The first-order valence-electron chi connectivity index (χ1n) is 9.41. The van der Waals surface area contributed by atoms with Gasteiger partial charge in [0.05, 0.1) is 17.6 Å². The van der Waals surface area contributed by atoms with Crippen molar-refractivity contribution in [3.05, 3.63) is 71.0 Å². The Labute approximate surface area is 161 Å². The van der Waals surface area contributed by atoms with Gasteiger partial charge in [0.2, 0.25) is 0 Å². The fourth-order valence-electron chi connectivity index (χ4n) is 3.74.